The smallest absolute Gasteiger partial charge is 0.170 e. The largest absolute Gasteiger partial charge is 0.409 e. The van der Waals surface area contributed by atoms with Crippen LogP contribution in [-0.4, -0.2) is 30.3 Å². The van der Waals surface area contributed by atoms with Gasteiger partial charge in [-0.1, -0.05) is 29.4 Å². The van der Waals surface area contributed by atoms with Gasteiger partial charge in [0.15, 0.2) is 5.84 Å². The Labute approximate surface area is 120 Å². The van der Waals surface area contributed by atoms with Crippen LogP contribution in [0, 0.1) is 0 Å². The van der Waals surface area contributed by atoms with Gasteiger partial charge in [-0.3, -0.25) is 0 Å². The molecule has 112 valence electrons. The van der Waals surface area contributed by atoms with Crippen molar-refractivity contribution in [3.8, 4) is 0 Å². The molecule has 0 aliphatic heterocycles. The summed E-state index contributed by atoms with van der Waals surface area (Å²) >= 11 is 0. The van der Waals surface area contributed by atoms with Crippen molar-refractivity contribution in [2.24, 2.45) is 10.9 Å². The van der Waals surface area contributed by atoms with E-state index in [-0.39, 0.29) is 5.84 Å². The Balaban J connectivity index is 2.29. The minimum Gasteiger partial charge on any atom is -0.409 e. The van der Waals surface area contributed by atoms with E-state index in [1.165, 1.54) is 0 Å². The summed E-state index contributed by atoms with van der Waals surface area (Å²) in [6.07, 6.45) is 2.42. The van der Waals surface area contributed by atoms with Crippen LogP contribution in [0.25, 0.3) is 0 Å². The first-order valence-corrected chi connectivity index (χ1v) is 7.03. The van der Waals surface area contributed by atoms with Gasteiger partial charge >= 0.3 is 0 Å². The topological polar surface area (TPSA) is 79.9 Å². The molecule has 5 heteroatoms. The van der Waals surface area contributed by atoms with Gasteiger partial charge in [-0.25, -0.2) is 0 Å². The van der Waals surface area contributed by atoms with Crippen LogP contribution in [0.1, 0.15) is 37.8 Å². The lowest BCUT2D eigenvalue weighted by Crippen LogP contribution is -2.20. The van der Waals surface area contributed by atoms with Gasteiger partial charge in [0, 0.05) is 18.7 Å². The maximum absolute atomic E-state index is 8.75. The van der Waals surface area contributed by atoms with Crippen LogP contribution in [-0.2, 0) is 11.3 Å². The van der Waals surface area contributed by atoms with Crippen LogP contribution in [0.15, 0.2) is 29.4 Å². The molecule has 0 spiro atoms. The number of unbranched alkanes of at least 4 members (excludes halogenated alkanes) is 1. The normalized spacial score (nSPS) is 12.1. The number of nitrogens with two attached hydrogens (primary N) is 1. The Morgan fingerprint density at radius 1 is 1.35 bits per heavy atom. The van der Waals surface area contributed by atoms with Crippen LogP contribution in [0.4, 0.5) is 0 Å². The summed E-state index contributed by atoms with van der Waals surface area (Å²) < 4.78 is 5.48. The summed E-state index contributed by atoms with van der Waals surface area (Å²) in [4.78, 5) is 0. The van der Waals surface area contributed by atoms with Crippen molar-refractivity contribution in [2.75, 3.05) is 13.2 Å². The molecule has 0 aliphatic rings. The maximum atomic E-state index is 8.75. The van der Waals surface area contributed by atoms with E-state index in [1.54, 1.807) is 0 Å². The second-order valence-corrected chi connectivity index (χ2v) is 4.95. The Morgan fingerprint density at radius 2 is 2.10 bits per heavy atom. The standard InChI is InChI=1S/C15H25N3O2/c1-12(2)20-10-6-5-9-17-11-13-7-3-4-8-14(13)15(16)18-19/h3-4,7-8,12,17,19H,5-6,9-11H2,1-2H3,(H2,16,18). The third kappa shape index (κ3) is 6.04. The lowest BCUT2D eigenvalue weighted by atomic mass is 10.1. The Bertz CT molecular complexity index is 419. The Hall–Kier alpha value is -1.59. The highest BCUT2D eigenvalue weighted by Gasteiger charge is 2.05. The molecular formula is C15H25N3O2. The molecule has 0 heterocycles. The molecule has 0 aliphatic carbocycles. The average Bonchev–Trinajstić information content (AvgIpc) is 2.45. The summed E-state index contributed by atoms with van der Waals surface area (Å²) in [5.41, 5.74) is 7.45. The minimum atomic E-state index is 0.146. The number of hydrogen-bond donors (Lipinski definition) is 3. The number of nitrogens with zero attached hydrogens (tertiary/aromatic N) is 1. The van der Waals surface area contributed by atoms with Gasteiger partial charge in [0.2, 0.25) is 0 Å². The molecule has 0 saturated heterocycles. The number of rotatable bonds is 9. The lowest BCUT2D eigenvalue weighted by Gasteiger charge is -2.10. The van der Waals surface area contributed by atoms with Gasteiger partial charge in [-0.05, 0) is 38.8 Å². The average molecular weight is 279 g/mol. The van der Waals surface area contributed by atoms with Crippen molar-refractivity contribution < 1.29 is 9.94 Å². The summed E-state index contributed by atoms with van der Waals surface area (Å²) in [6, 6.07) is 7.65. The van der Waals surface area contributed by atoms with Crippen molar-refractivity contribution in [3.63, 3.8) is 0 Å². The first-order valence-electron chi connectivity index (χ1n) is 7.03. The zero-order valence-electron chi connectivity index (χ0n) is 12.3. The minimum absolute atomic E-state index is 0.146. The van der Waals surface area contributed by atoms with Crippen molar-refractivity contribution in [3.05, 3.63) is 35.4 Å². The molecule has 0 radical (unpaired) electrons. The third-order valence-corrected chi connectivity index (χ3v) is 2.92. The van der Waals surface area contributed by atoms with E-state index in [0.29, 0.717) is 12.6 Å². The van der Waals surface area contributed by atoms with Crippen molar-refractivity contribution in [1.82, 2.24) is 5.32 Å². The van der Waals surface area contributed by atoms with Gasteiger partial charge in [-0.15, -0.1) is 0 Å². The molecular weight excluding hydrogens is 254 g/mol. The molecule has 1 aromatic rings. The van der Waals surface area contributed by atoms with Gasteiger partial charge < -0.3 is 21.0 Å². The number of oxime groups is 1. The highest BCUT2D eigenvalue weighted by Crippen LogP contribution is 2.08. The lowest BCUT2D eigenvalue weighted by molar-refractivity contribution is 0.0760. The molecule has 0 atom stereocenters. The number of amidine groups is 1. The fraction of sp³-hybridized carbons (Fsp3) is 0.533. The third-order valence-electron chi connectivity index (χ3n) is 2.92. The maximum Gasteiger partial charge on any atom is 0.170 e. The van der Waals surface area contributed by atoms with Gasteiger partial charge in [-0.2, -0.15) is 0 Å². The molecule has 5 nitrogen and oxygen atoms in total. The fourth-order valence-electron chi connectivity index (χ4n) is 1.87. The molecule has 1 rings (SSSR count). The monoisotopic (exact) mass is 279 g/mol. The number of nitrogens with one attached hydrogen (secondary N) is 1. The zero-order valence-corrected chi connectivity index (χ0v) is 12.3. The van der Waals surface area contributed by atoms with Gasteiger partial charge in [0.1, 0.15) is 0 Å². The molecule has 20 heavy (non-hydrogen) atoms. The SMILES string of the molecule is CC(C)OCCCCNCc1ccccc1/C(N)=N/O. The van der Waals surface area contributed by atoms with Crippen LogP contribution >= 0.6 is 0 Å². The zero-order chi connectivity index (χ0) is 14.8. The summed E-state index contributed by atoms with van der Waals surface area (Å²) in [5.74, 6) is 0.146. The van der Waals surface area contributed by atoms with Crippen LogP contribution in [0.2, 0.25) is 0 Å². The molecule has 0 fully saturated rings. The highest BCUT2D eigenvalue weighted by molar-refractivity contribution is 5.98. The van der Waals surface area contributed by atoms with E-state index in [9.17, 15) is 0 Å². The van der Waals surface area contributed by atoms with E-state index in [0.717, 1.165) is 37.1 Å². The van der Waals surface area contributed by atoms with Crippen molar-refractivity contribution in [1.29, 1.82) is 0 Å². The Kier molecular flexibility index (Phi) is 7.69. The highest BCUT2D eigenvalue weighted by atomic mass is 16.5. The van der Waals surface area contributed by atoms with Crippen LogP contribution < -0.4 is 11.1 Å². The first kappa shape index (κ1) is 16.5. The number of hydrogen-bond acceptors (Lipinski definition) is 4. The Morgan fingerprint density at radius 3 is 2.80 bits per heavy atom. The molecule has 0 aromatic heterocycles. The second kappa shape index (κ2) is 9.34. The van der Waals surface area contributed by atoms with E-state index in [1.807, 2.05) is 38.1 Å². The number of benzene rings is 1. The second-order valence-electron chi connectivity index (χ2n) is 4.95. The number of ether oxygens (including phenoxy) is 1. The molecule has 1 aromatic carbocycles. The van der Waals surface area contributed by atoms with Crippen molar-refractivity contribution >= 4 is 5.84 Å². The van der Waals surface area contributed by atoms with Gasteiger partial charge in [0.05, 0.1) is 6.10 Å². The predicted octanol–water partition coefficient (Wildman–Crippen LogP) is 2.08. The first-order chi connectivity index (χ1) is 9.65. The molecule has 0 amide bonds. The van der Waals surface area contributed by atoms with Crippen LogP contribution in [0.3, 0.4) is 0 Å². The molecule has 0 bridgehead atoms. The van der Waals surface area contributed by atoms with E-state index in [4.69, 9.17) is 15.7 Å². The van der Waals surface area contributed by atoms with Gasteiger partial charge in [0.25, 0.3) is 0 Å². The van der Waals surface area contributed by atoms with E-state index >= 15 is 0 Å². The summed E-state index contributed by atoms with van der Waals surface area (Å²) in [6.45, 7) is 6.52. The summed E-state index contributed by atoms with van der Waals surface area (Å²) in [5, 5.41) is 15.2. The molecule has 0 unspecified atom stereocenters. The quantitative estimate of drug-likeness (QED) is 0.212. The molecule has 0 saturated carbocycles. The van der Waals surface area contributed by atoms with E-state index in [2.05, 4.69) is 10.5 Å². The van der Waals surface area contributed by atoms with Crippen molar-refractivity contribution in [2.45, 2.75) is 39.3 Å². The molecule has 4 N–H and O–H groups in total. The predicted molar refractivity (Wildman–Crippen MR) is 81.0 cm³/mol. The van der Waals surface area contributed by atoms with Crippen LogP contribution in [0.5, 0.6) is 0 Å². The fourth-order valence-corrected chi connectivity index (χ4v) is 1.87. The van der Waals surface area contributed by atoms with E-state index < -0.39 is 0 Å². The summed E-state index contributed by atoms with van der Waals surface area (Å²) in [7, 11) is 0.